The minimum atomic E-state index is -1.13. The van der Waals surface area contributed by atoms with Crippen molar-refractivity contribution in [3.8, 4) is 0 Å². The Hall–Kier alpha value is -2.22. The Bertz CT molecular complexity index is 760. The molecule has 22 heavy (non-hydrogen) atoms. The van der Waals surface area contributed by atoms with Crippen molar-refractivity contribution in [2.75, 3.05) is 0 Å². The lowest BCUT2D eigenvalue weighted by Crippen LogP contribution is -2.41. The summed E-state index contributed by atoms with van der Waals surface area (Å²) in [6.45, 7) is 3.29. The van der Waals surface area contributed by atoms with E-state index < -0.39 is 11.6 Å². The summed E-state index contributed by atoms with van der Waals surface area (Å²) >= 11 is 3.42. The zero-order valence-corrected chi connectivity index (χ0v) is 13.5. The van der Waals surface area contributed by atoms with E-state index in [1.165, 1.54) is 0 Å². The van der Waals surface area contributed by atoms with Crippen molar-refractivity contribution in [1.29, 1.82) is 0 Å². The highest BCUT2D eigenvalue weighted by Gasteiger charge is 2.50. The van der Waals surface area contributed by atoms with Crippen LogP contribution in [0, 0.1) is 6.92 Å². The van der Waals surface area contributed by atoms with Gasteiger partial charge in [-0.05, 0) is 19.9 Å². The van der Waals surface area contributed by atoms with Crippen LogP contribution >= 0.6 is 15.9 Å². The first-order valence-electron chi connectivity index (χ1n) is 6.60. The normalized spacial score (nSPS) is 21.3. The Labute approximate surface area is 134 Å². The maximum atomic E-state index is 12.7. The predicted octanol–water partition coefficient (Wildman–Crippen LogP) is 2.11. The summed E-state index contributed by atoms with van der Waals surface area (Å²) in [5.74, 6) is 0.313. The number of benzene rings is 1. The summed E-state index contributed by atoms with van der Waals surface area (Å²) in [5, 5.41) is 6.39. The first-order valence-corrected chi connectivity index (χ1v) is 7.39. The van der Waals surface area contributed by atoms with Crippen LogP contribution in [0.4, 0.5) is 4.79 Å². The van der Waals surface area contributed by atoms with Crippen LogP contribution in [-0.4, -0.2) is 27.0 Å². The van der Waals surface area contributed by atoms with Crippen molar-refractivity contribution >= 4 is 27.9 Å². The van der Waals surface area contributed by atoms with E-state index in [1.807, 2.05) is 18.2 Å². The van der Waals surface area contributed by atoms with Crippen molar-refractivity contribution in [2.45, 2.75) is 25.9 Å². The smallest absolute Gasteiger partial charge is 0.325 e. The van der Waals surface area contributed by atoms with E-state index in [9.17, 15) is 9.59 Å². The van der Waals surface area contributed by atoms with Gasteiger partial charge >= 0.3 is 6.03 Å². The fraction of sp³-hybridized carbons (Fsp3) is 0.286. The number of amides is 3. The van der Waals surface area contributed by atoms with Crippen molar-refractivity contribution in [2.24, 2.45) is 0 Å². The van der Waals surface area contributed by atoms with Crippen LogP contribution in [0.1, 0.15) is 24.2 Å². The molecule has 114 valence electrons. The van der Waals surface area contributed by atoms with Gasteiger partial charge in [-0.2, -0.15) is 4.98 Å². The van der Waals surface area contributed by atoms with Gasteiger partial charge in [0.05, 0.1) is 0 Å². The summed E-state index contributed by atoms with van der Waals surface area (Å²) in [5.41, 5.74) is -0.441. The van der Waals surface area contributed by atoms with Gasteiger partial charge in [0.1, 0.15) is 12.1 Å². The predicted molar refractivity (Wildman–Crippen MR) is 79.6 cm³/mol. The number of hydrogen-bond donors (Lipinski definition) is 1. The number of nitrogens with one attached hydrogen (secondary N) is 1. The number of urea groups is 1. The minimum Gasteiger partial charge on any atom is -0.337 e. The molecule has 0 bridgehead atoms. The quantitative estimate of drug-likeness (QED) is 0.842. The van der Waals surface area contributed by atoms with Gasteiger partial charge in [-0.25, -0.2) is 4.79 Å². The molecule has 2 heterocycles. The molecule has 1 aliphatic heterocycles. The molecule has 1 saturated heterocycles. The third-order valence-corrected chi connectivity index (χ3v) is 4.24. The second-order valence-corrected chi connectivity index (χ2v) is 6.02. The molecule has 0 radical (unpaired) electrons. The van der Waals surface area contributed by atoms with Crippen LogP contribution in [0.2, 0.25) is 0 Å². The molecule has 1 aromatic heterocycles. The van der Waals surface area contributed by atoms with Crippen molar-refractivity contribution in [1.82, 2.24) is 20.4 Å². The lowest BCUT2D eigenvalue weighted by Gasteiger charge is -2.23. The number of aromatic nitrogens is 2. The van der Waals surface area contributed by atoms with E-state index in [4.69, 9.17) is 4.52 Å². The monoisotopic (exact) mass is 364 g/mol. The molecule has 0 saturated carbocycles. The Balaban J connectivity index is 1.92. The van der Waals surface area contributed by atoms with Crippen molar-refractivity contribution in [3.05, 3.63) is 46.0 Å². The van der Waals surface area contributed by atoms with Gasteiger partial charge in [-0.1, -0.05) is 39.3 Å². The Morgan fingerprint density at radius 3 is 2.73 bits per heavy atom. The van der Waals surface area contributed by atoms with Gasteiger partial charge in [0.2, 0.25) is 5.89 Å². The average Bonchev–Trinajstić information content (AvgIpc) is 2.97. The number of carbonyl (C=O) groups excluding carboxylic acids is 2. The number of imide groups is 1. The first-order chi connectivity index (χ1) is 10.4. The standard InChI is InChI=1S/C14H13BrN4O3/c1-8-16-11(22-18-8)7-19-12(20)14(2,17-13(19)21)9-5-3-4-6-10(9)15/h3-6H,7H2,1-2H3,(H,17,21). The van der Waals surface area contributed by atoms with E-state index in [-0.39, 0.29) is 18.3 Å². The van der Waals surface area contributed by atoms with E-state index in [1.54, 1.807) is 19.9 Å². The average molecular weight is 365 g/mol. The zero-order chi connectivity index (χ0) is 15.9. The van der Waals surface area contributed by atoms with Gasteiger partial charge in [-0.3, -0.25) is 9.69 Å². The lowest BCUT2D eigenvalue weighted by atomic mass is 9.92. The van der Waals surface area contributed by atoms with Gasteiger partial charge in [0.15, 0.2) is 5.82 Å². The highest BCUT2D eigenvalue weighted by Crippen LogP contribution is 2.34. The highest BCUT2D eigenvalue weighted by atomic mass is 79.9. The van der Waals surface area contributed by atoms with E-state index in [0.29, 0.717) is 11.4 Å². The fourth-order valence-electron chi connectivity index (χ4n) is 2.43. The molecular formula is C14H13BrN4O3. The van der Waals surface area contributed by atoms with Crippen LogP contribution < -0.4 is 5.32 Å². The topological polar surface area (TPSA) is 88.3 Å². The molecule has 1 aliphatic rings. The lowest BCUT2D eigenvalue weighted by molar-refractivity contribution is -0.131. The van der Waals surface area contributed by atoms with Crippen LogP contribution in [0.3, 0.4) is 0 Å². The van der Waals surface area contributed by atoms with Crippen molar-refractivity contribution < 1.29 is 14.1 Å². The second kappa shape index (κ2) is 5.20. The van der Waals surface area contributed by atoms with E-state index >= 15 is 0 Å². The molecule has 1 unspecified atom stereocenters. The van der Waals surface area contributed by atoms with Crippen LogP contribution in [-0.2, 0) is 16.9 Å². The van der Waals surface area contributed by atoms with Gasteiger partial charge < -0.3 is 9.84 Å². The number of carbonyl (C=O) groups is 2. The molecule has 7 nitrogen and oxygen atoms in total. The zero-order valence-electron chi connectivity index (χ0n) is 12.0. The van der Waals surface area contributed by atoms with Crippen LogP contribution in [0.5, 0.6) is 0 Å². The summed E-state index contributed by atoms with van der Waals surface area (Å²) < 4.78 is 5.73. The molecule has 8 heteroatoms. The summed E-state index contributed by atoms with van der Waals surface area (Å²) in [7, 11) is 0. The molecule has 0 aliphatic carbocycles. The minimum absolute atomic E-state index is 0.0501. The van der Waals surface area contributed by atoms with E-state index in [2.05, 4.69) is 31.4 Å². The first kappa shape index (κ1) is 14.7. The molecule has 1 aromatic carbocycles. The third kappa shape index (κ3) is 2.29. The highest BCUT2D eigenvalue weighted by molar-refractivity contribution is 9.10. The molecule has 1 fully saturated rings. The summed E-state index contributed by atoms with van der Waals surface area (Å²) in [6.07, 6.45) is 0. The molecule has 1 N–H and O–H groups in total. The SMILES string of the molecule is Cc1noc(CN2C(=O)NC(C)(c3ccccc3Br)C2=O)n1. The van der Waals surface area contributed by atoms with Gasteiger partial charge in [0.25, 0.3) is 5.91 Å². The molecular weight excluding hydrogens is 352 g/mol. The number of rotatable bonds is 3. The second-order valence-electron chi connectivity index (χ2n) is 5.16. The Morgan fingerprint density at radius 1 is 1.36 bits per heavy atom. The molecule has 1 atom stereocenters. The molecule has 3 amide bonds. The van der Waals surface area contributed by atoms with E-state index in [0.717, 1.165) is 9.37 Å². The Morgan fingerprint density at radius 2 is 2.09 bits per heavy atom. The molecule has 2 aromatic rings. The van der Waals surface area contributed by atoms with Gasteiger partial charge in [-0.15, -0.1) is 0 Å². The summed E-state index contributed by atoms with van der Waals surface area (Å²) in [4.78, 5) is 30.0. The maximum absolute atomic E-state index is 12.7. The third-order valence-electron chi connectivity index (χ3n) is 3.55. The fourth-order valence-corrected chi connectivity index (χ4v) is 3.11. The number of aryl methyl sites for hydroxylation is 1. The molecule has 3 rings (SSSR count). The Kier molecular flexibility index (Phi) is 3.48. The summed E-state index contributed by atoms with van der Waals surface area (Å²) in [6, 6.07) is 6.79. The number of nitrogens with zero attached hydrogens (tertiary/aromatic N) is 3. The van der Waals surface area contributed by atoms with Crippen LogP contribution in [0.25, 0.3) is 0 Å². The number of halogens is 1. The molecule has 0 spiro atoms. The van der Waals surface area contributed by atoms with Crippen molar-refractivity contribution in [3.63, 3.8) is 0 Å². The van der Waals surface area contributed by atoms with Crippen LogP contribution in [0.15, 0.2) is 33.3 Å². The largest absolute Gasteiger partial charge is 0.337 e. The van der Waals surface area contributed by atoms with Gasteiger partial charge in [0, 0.05) is 10.0 Å². The maximum Gasteiger partial charge on any atom is 0.325 e. The number of hydrogen-bond acceptors (Lipinski definition) is 5.